The van der Waals surface area contributed by atoms with Gasteiger partial charge in [0.25, 0.3) is 0 Å². The second-order valence-corrected chi connectivity index (χ2v) is 9.90. The van der Waals surface area contributed by atoms with Crippen LogP contribution in [0.15, 0.2) is 24.3 Å². The van der Waals surface area contributed by atoms with E-state index in [0.717, 1.165) is 33.4 Å². The summed E-state index contributed by atoms with van der Waals surface area (Å²) in [5.41, 5.74) is 2.38. The summed E-state index contributed by atoms with van der Waals surface area (Å²) >= 11 is 2.13. The third-order valence-corrected chi connectivity index (χ3v) is 6.58. The number of alkyl halides is 3. The van der Waals surface area contributed by atoms with E-state index < -0.39 is 23.9 Å². The molecule has 158 valence electrons. The van der Waals surface area contributed by atoms with Gasteiger partial charge in [0, 0.05) is 20.4 Å². The molecular weight excluding hydrogens is 494 g/mol. The van der Waals surface area contributed by atoms with Crippen LogP contribution in [0.3, 0.4) is 0 Å². The summed E-state index contributed by atoms with van der Waals surface area (Å²) in [6, 6.07) is 4.55. The Morgan fingerprint density at radius 2 is 1.76 bits per heavy atom. The van der Waals surface area contributed by atoms with Crippen LogP contribution >= 0.6 is 22.6 Å². The first-order valence-corrected chi connectivity index (χ1v) is 10.6. The molecule has 1 aliphatic rings. The average Bonchev–Trinajstić information content (AvgIpc) is 2.58. The summed E-state index contributed by atoms with van der Waals surface area (Å²) in [4.78, 5) is 4.82. The van der Waals surface area contributed by atoms with E-state index in [2.05, 4.69) is 36.4 Å². The van der Waals surface area contributed by atoms with Gasteiger partial charge in [0.1, 0.15) is 6.10 Å². The van der Waals surface area contributed by atoms with Gasteiger partial charge in [-0.05, 0) is 64.5 Å². The van der Waals surface area contributed by atoms with Gasteiger partial charge in [0.2, 0.25) is 0 Å². The van der Waals surface area contributed by atoms with Gasteiger partial charge in [0.05, 0.1) is 17.4 Å². The lowest BCUT2D eigenvalue weighted by atomic mass is 9.74. The fraction of sp³-hybridized carbons (Fsp3) is 0.500. The van der Waals surface area contributed by atoms with Crippen LogP contribution in [0, 0.1) is 8.99 Å². The normalized spacial score (nSPS) is 19.9. The minimum atomic E-state index is -4.43. The quantitative estimate of drug-likeness (QED) is 0.496. The monoisotopic (exact) mass is 519 g/mol. The molecule has 0 spiro atoms. The van der Waals surface area contributed by atoms with Crippen molar-refractivity contribution >= 4 is 22.6 Å². The molecule has 0 bridgehead atoms. The van der Waals surface area contributed by atoms with Gasteiger partial charge in [-0.2, -0.15) is 13.2 Å². The van der Waals surface area contributed by atoms with Crippen molar-refractivity contribution in [2.75, 3.05) is 0 Å². The lowest BCUT2D eigenvalue weighted by Gasteiger charge is -2.36. The molecule has 2 aromatic rings. The van der Waals surface area contributed by atoms with Crippen LogP contribution in [-0.4, -0.2) is 15.2 Å². The van der Waals surface area contributed by atoms with Gasteiger partial charge in [-0.3, -0.25) is 4.98 Å². The Morgan fingerprint density at radius 1 is 1.17 bits per heavy atom. The first kappa shape index (κ1) is 22.5. The fourth-order valence-electron chi connectivity index (χ4n) is 4.00. The standard InChI is InChI=1S/C22H25F3INO2/c1-11(2)19-17(20(29)12-5-7-13(8-6-12)22(23,24)25)18(26)16-14(27-19)9-21(3,4)10-15(16)28/h5-8,11,15,20,28-29H,9-10H2,1-4H3/t15-,20?/m0/s1. The van der Waals surface area contributed by atoms with Gasteiger partial charge < -0.3 is 10.2 Å². The number of rotatable bonds is 3. The molecule has 3 rings (SSSR count). The topological polar surface area (TPSA) is 53.4 Å². The van der Waals surface area contributed by atoms with Gasteiger partial charge in [-0.15, -0.1) is 0 Å². The highest BCUT2D eigenvalue weighted by Crippen LogP contribution is 2.45. The first-order valence-electron chi connectivity index (χ1n) is 9.57. The largest absolute Gasteiger partial charge is 0.416 e. The number of hydrogen-bond donors (Lipinski definition) is 2. The minimum Gasteiger partial charge on any atom is -0.388 e. The molecule has 29 heavy (non-hydrogen) atoms. The van der Waals surface area contributed by atoms with E-state index in [-0.39, 0.29) is 11.3 Å². The molecule has 2 N–H and O–H groups in total. The highest BCUT2D eigenvalue weighted by Gasteiger charge is 2.37. The molecule has 0 fully saturated rings. The van der Waals surface area contributed by atoms with E-state index in [1.54, 1.807) is 0 Å². The summed E-state index contributed by atoms with van der Waals surface area (Å²) in [6.07, 6.45) is -4.92. The Kier molecular flexibility index (Phi) is 6.06. The number of aliphatic hydroxyl groups is 2. The van der Waals surface area contributed by atoms with Crippen LogP contribution in [-0.2, 0) is 12.6 Å². The molecule has 0 saturated carbocycles. The fourth-order valence-corrected chi connectivity index (χ4v) is 5.24. The molecule has 2 atom stereocenters. The molecule has 1 aromatic heterocycles. The van der Waals surface area contributed by atoms with E-state index in [4.69, 9.17) is 4.98 Å². The van der Waals surface area contributed by atoms with Gasteiger partial charge in [-0.1, -0.05) is 39.8 Å². The van der Waals surface area contributed by atoms with Crippen molar-refractivity contribution in [3.8, 4) is 0 Å². The van der Waals surface area contributed by atoms with Crippen LogP contribution < -0.4 is 0 Å². The highest BCUT2D eigenvalue weighted by molar-refractivity contribution is 14.1. The highest BCUT2D eigenvalue weighted by atomic mass is 127. The maximum absolute atomic E-state index is 12.9. The molecule has 3 nitrogen and oxygen atoms in total. The summed E-state index contributed by atoms with van der Waals surface area (Å²) in [7, 11) is 0. The molecule has 1 unspecified atom stereocenters. The molecule has 1 heterocycles. The number of hydrogen-bond acceptors (Lipinski definition) is 3. The van der Waals surface area contributed by atoms with Crippen LogP contribution in [0.4, 0.5) is 13.2 Å². The lowest BCUT2D eigenvalue weighted by molar-refractivity contribution is -0.137. The first-order chi connectivity index (χ1) is 13.3. The molecular formula is C22H25F3INO2. The Balaban J connectivity index is 2.12. The third-order valence-electron chi connectivity index (χ3n) is 5.41. The van der Waals surface area contributed by atoms with Crippen LogP contribution in [0.25, 0.3) is 0 Å². The van der Waals surface area contributed by atoms with Crippen molar-refractivity contribution in [2.24, 2.45) is 5.41 Å². The Hall–Kier alpha value is -1.19. The van der Waals surface area contributed by atoms with Crippen molar-refractivity contribution in [1.82, 2.24) is 4.98 Å². The maximum atomic E-state index is 12.9. The van der Waals surface area contributed by atoms with E-state index in [1.807, 2.05) is 13.8 Å². The summed E-state index contributed by atoms with van der Waals surface area (Å²) in [5, 5.41) is 21.8. The van der Waals surface area contributed by atoms with Crippen LogP contribution in [0.5, 0.6) is 0 Å². The summed E-state index contributed by atoms with van der Waals surface area (Å²) in [6.45, 7) is 8.12. The number of aromatic nitrogens is 1. The van der Waals surface area contributed by atoms with E-state index in [9.17, 15) is 23.4 Å². The predicted molar refractivity (Wildman–Crippen MR) is 114 cm³/mol. The molecule has 0 radical (unpaired) electrons. The molecule has 1 aromatic carbocycles. The Morgan fingerprint density at radius 3 is 2.28 bits per heavy atom. The van der Waals surface area contributed by atoms with Crippen molar-refractivity contribution in [1.29, 1.82) is 0 Å². The van der Waals surface area contributed by atoms with E-state index in [0.29, 0.717) is 23.2 Å². The second kappa shape index (κ2) is 7.81. The number of benzene rings is 1. The summed E-state index contributed by atoms with van der Waals surface area (Å²) in [5.74, 6) is 0.00935. The average molecular weight is 519 g/mol. The van der Waals surface area contributed by atoms with Gasteiger partial charge in [-0.25, -0.2) is 0 Å². The zero-order valence-electron chi connectivity index (χ0n) is 16.8. The minimum absolute atomic E-state index is 0.00935. The van der Waals surface area contributed by atoms with Crippen LogP contribution in [0.2, 0.25) is 0 Å². The molecule has 0 saturated heterocycles. The van der Waals surface area contributed by atoms with E-state index >= 15 is 0 Å². The van der Waals surface area contributed by atoms with Crippen molar-refractivity contribution in [2.45, 2.75) is 64.8 Å². The van der Waals surface area contributed by atoms with Crippen molar-refractivity contribution in [3.05, 3.63) is 61.5 Å². The smallest absolute Gasteiger partial charge is 0.388 e. The summed E-state index contributed by atoms with van der Waals surface area (Å²) < 4.78 is 39.4. The zero-order chi connectivity index (χ0) is 21.7. The molecule has 1 aliphatic carbocycles. The second-order valence-electron chi connectivity index (χ2n) is 8.82. The number of fused-ring (bicyclic) bond motifs is 1. The van der Waals surface area contributed by atoms with Gasteiger partial charge >= 0.3 is 6.18 Å². The van der Waals surface area contributed by atoms with E-state index in [1.165, 1.54) is 12.1 Å². The predicted octanol–water partition coefficient (Wildman–Crippen LogP) is 5.92. The molecule has 0 aliphatic heterocycles. The SMILES string of the molecule is CC(C)c1nc2c(c(I)c1C(O)c1ccc(C(F)(F)F)cc1)[C@@H](O)CC(C)(C)C2. The number of halogens is 4. The van der Waals surface area contributed by atoms with Gasteiger partial charge in [0.15, 0.2) is 0 Å². The lowest BCUT2D eigenvalue weighted by Crippen LogP contribution is -2.29. The van der Waals surface area contributed by atoms with Crippen molar-refractivity contribution in [3.63, 3.8) is 0 Å². The molecule has 0 amide bonds. The maximum Gasteiger partial charge on any atom is 0.416 e. The Labute approximate surface area is 182 Å². The zero-order valence-corrected chi connectivity index (χ0v) is 19.0. The third kappa shape index (κ3) is 4.46. The van der Waals surface area contributed by atoms with Crippen molar-refractivity contribution < 1.29 is 23.4 Å². The Bertz CT molecular complexity index is 908. The number of aliphatic hydroxyl groups excluding tert-OH is 2. The van der Waals surface area contributed by atoms with Crippen LogP contribution in [0.1, 0.15) is 85.9 Å². The number of pyridine rings is 1. The number of nitrogens with zero attached hydrogens (tertiary/aromatic N) is 1. The molecule has 7 heteroatoms.